The minimum Gasteiger partial charge on any atom is -0.388 e. The molecule has 1 aromatic carbocycles. The van der Waals surface area contributed by atoms with Gasteiger partial charge in [-0.2, -0.15) is 0 Å². The maximum absolute atomic E-state index is 14.0. The van der Waals surface area contributed by atoms with Gasteiger partial charge in [-0.15, -0.1) is 0 Å². The Morgan fingerprint density at radius 3 is 2.43 bits per heavy atom. The third-order valence-electron chi connectivity index (χ3n) is 8.53. The van der Waals surface area contributed by atoms with Crippen molar-refractivity contribution in [3.63, 3.8) is 0 Å². The molecule has 1 aromatic rings. The molecule has 4 N–H and O–H groups in total. The van der Waals surface area contributed by atoms with Crippen LogP contribution in [0.3, 0.4) is 0 Å². The van der Waals surface area contributed by atoms with Crippen molar-refractivity contribution in [2.24, 2.45) is 5.41 Å². The largest absolute Gasteiger partial charge is 0.388 e. The first kappa shape index (κ1) is 30.7. The van der Waals surface area contributed by atoms with E-state index in [1.54, 1.807) is 4.90 Å². The Kier molecular flexibility index (Phi) is 8.87. The van der Waals surface area contributed by atoms with Gasteiger partial charge in [-0.05, 0) is 29.5 Å². The number of carbonyl (C=O) groups is 3. The molecule has 5 rings (SSSR count). The van der Waals surface area contributed by atoms with Gasteiger partial charge in [0.05, 0.1) is 18.6 Å². The molecular weight excluding hydrogens is 552 g/mol. The molecule has 0 radical (unpaired) electrons. The molecule has 3 amide bonds. The summed E-state index contributed by atoms with van der Waals surface area (Å²) in [7, 11) is 0. The number of fused-ring (bicyclic) bond motifs is 6. The van der Waals surface area contributed by atoms with E-state index < -0.39 is 54.0 Å². The number of aliphatic hydroxyl groups excluding tert-OH is 2. The second-order valence-corrected chi connectivity index (χ2v) is 13.2. The van der Waals surface area contributed by atoms with Gasteiger partial charge in [0.2, 0.25) is 17.7 Å². The fraction of sp³-hybridized carbons (Fsp3) is 0.690. The Bertz CT molecular complexity index is 1200. The van der Waals surface area contributed by atoms with E-state index in [0.29, 0.717) is 38.2 Å². The highest BCUT2D eigenvalue weighted by Gasteiger charge is 2.46. The zero-order valence-corrected chi connectivity index (χ0v) is 24.3. The molecule has 4 heterocycles. The molecule has 6 bridgehead atoms. The molecule has 4 aliphatic heterocycles. The first-order chi connectivity index (χ1) is 19.8. The van der Waals surface area contributed by atoms with Gasteiger partial charge in [0.15, 0.2) is 11.6 Å². The molecule has 11 nitrogen and oxygen atoms in total. The third kappa shape index (κ3) is 6.75. The van der Waals surface area contributed by atoms with Gasteiger partial charge in [0.25, 0.3) is 0 Å². The van der Waals surface area contributed by atoms with Crippen LogP contribution in [0.25, 0.3) is 0 Å². The lowest BCUT2D eigenvalue weighted by Gasteiger charge is -2.42. The van der Waals surface area contributed by atoms with Crippen LogP contribution in [0.1, 0.15) is 39.2 Å². The second kappa shape index (κ2) is 12.1. The number of nitrogens with one attached hydrogen (secondary N) is 2. The number of aliphatic hydroxyl groups is 2. The van der Waals surface area contributed by atoms with Crippen molar-refractivity contribution in [2.45, 2.75) is 82.7 Å². The first-order valence-electron chi connectivity index (χ1n) is 14.6. The molecule has 7 atom stereocenters. The van der Waals surface area contributed by atoms with E-state index in [-0.39, 0.29) is 49.3 Å². The number of amides is 3. The standard InChI is InChI=1S/C29H41F2N5O6/c1-29(2,3)15-36-13-17-9-20(36)28(41)35-7-6-34(12-16-4-5-18(30)19(31)8-16)21(14-35)27(40)32-11-23-26(39)25(38)22(42-23)10-24(37)33-17/h4-5,8,17,20-23,25-26,38-39H,6-7,9-15H2,1-3H3,(H,32,40)(H,33,37)/t17-,20-,21-,22-,23+,25-,26+/m0/s1. The van der Waals surface area contributed by atoms with E-state index in [0.717, 1.165) is 12.1 Å². The average molecular weight is 594 g/mol. The summed E-state index contributed by atoms with van der Waals surface area (Å²) in [6, 6.07) is 2.00. The van der Waals surface area contributed by atoms with Crippen molar-refractivity contribution >= 4 is 17.7 Å². The molecule has 0 spiro atoms. The van der Waals surface area contributed by atoms with Crippen LogP contribution in [-0.2, 0) is 25.7 Å². The summed E-state index contributed by atoms with van der Waals surface area (Å²) >= 11 is 0. The van der Waals surface area contributed by atoms with Crippen molar-refractivity contribution in [1.82, 2.24) is 25.3 Å². The molecule has 13 heteroatoms. The molecule has 0 aromatic heterocycles. The van der Waals surface area contributed by atoms with E-state index in [9.17, 15) is 33.4 Å². The number of carbonyl (C=O) groups excluding carboxylic acids is 3. The molecule has 42 heavy (non-hydrogen) atoms. The Hall–Kier alpha value is -2.71. The van der Waals surface area contributed by atoms with Gasteiger partial charge in [-0.25, -0.2) is 8.78 Å². The van der Waals surface area contributed by atoms with Crippen LogP contribution in [0, 0.1) is 17.0 Å². The number of piperazine rings is 1. The number of benzene rings is 1. The number of hydrogen-bond donors (Lipinski definition) is 4. The molecule has 0 unspecified atom stereocenters. The monoisotopic (exact) mass is 593 g/mol. The van der Waals surface area contributed by atoms with E-state index >= 15 is 0 Å². The van der Waals surface area contributed by atoms with Gasteiger partial charge >= 0.3 is 0 Å². The van der Waals surface area contributed by atoms with Crippen molar-refractivity contribution in [3.8, 4) is 0 Å². The van der Waals surface area contributed by atoms with Crippen LogP contribution in [-0.4, -0.2) is 124 Å². The SMILES string of the molecule is CC(C)(C)CN1C[C@@H]2C[C@H]1C(=O)N1CCN(Cc3ccc(F)c(F)c3)[C@@H](C1)C(=O)NC[C@H]1O[C@@H](CC(=O)N2)[C@H](O)[C@@H]1O. The van der Waals surface area contributed by atoms with Crippen LogP contribution in [0.4, 0.5) is 8.78 Å². The predicted octanol–water partition coefficient (Wildman–Crippen LogP) is -0.408. The smallest absolute Gasteiger partial charge is 0.240 e. The normalized spacial score (nSPS) is 33.5. The molecule has 0 aliphatic carbocycles. The first-order valence-corrected chi connectivity index (χ1v) is 14.6. The topological polar surface area (TPSA) is 135 Å². The van der Waals surface area contributed by atoms with Crippen LogP contribution in [0.15, 0.2) is 18.2 Å². The van der Waals surface area contributed by atoms with E-state index in [4.69, 9.17) is 4.74 Å². The van der Waals surface area contributed by atoms with Crippen molar-refractivity contribution in [2.75, 3.05) is 39.3 Å². The number of nitrogens with zero attached hydrogens (tertiary/aromatic N) is 3. The lowest BCUT2D eigenvalue weighted by Crippen LogP contribution is -2.62. The zero-order valence-electron chi connectivity index (χ0n) is 24.3. The van der Waals surface area contributed by atoms with Crippen LogP contribution < -0.4 is 10.6 Å². The van der Waals surface area contributed by atoms with Gasteiger partial charge < -0.3 is 30.5 Å². The van der Waals surface area contributed by atoms with E-state index in [2.05, 4.69) is 36.3 Å². The lowest BCUT2D eigenvalue weighted by atomic mass is 9.95. The summed E-state index contributed by atoms with van der Waals surface area (Å²) in [5.74, 6) is -2.83. The number of likely N-dealkylation sites (tertiary alicyclic amines) is 1. The fourth-order valence-corrected chi connectivity index (χ4v) is 6.54. The third-order valence-corrected chi connectivity index (χ3v) is 8.53. The van der Waals surface area contributed by atoms with Gasteiger partial charge in [0, 0.05) is 51.9 Å². The van der Waals surface area contributed by atoms with Gasteiger partial charge in [0.1, 0.15) is 24.4 Å². The van der Waals surface area contributed by atoms with E-state index in [1.807, 2.05) is 4.90 Å². The number of hydrogen-bond acceptors (Lipinski definition) is 8. The maximum Gasteiger partial charge on any atom is 0.240 e. The summed E-state index contributed by atoms with van der Waals surface area (Å²) < 4.78 is 33.3. The van der Waals surface area contributed by atoms with Crippen molar-refractivity contribution in [1.29, 1.82) is 0 Å². The second-order valence-electron chi connectivity index (χ2n) is 13.2. The molecular formula is C29H41F2N5O6. The minimum atomic E-state index is -1.31. The Labute approximate surface area is 244 Å². The molecule has 4 aliphatic rings. The quantitative estimate of drug-likeness (QED) is 0.372. The highest BCUT2D eigenvalue weighted by atomic mass is 19.2. The number of rotatable bonds is 3. The maximum atomic E-state index is 14.0. The Balaban J connectivity index is 1.42. The van der Waals surface area contributed by atoms with Gasteiger partial charge in [-0.3, -0.25) is 24.2 Å². The fourth-order valence-electron chi connectivity index (χ4n) is 6.54. The minimum absolute atomic E-state index is 0.0740. The van der Waals surface area contributed by atoms with E-state index in [1.165, 1.54) is 6.07 Å². The highest BCUT2D eigenvalue weighted by Crippen LogP contribution is 2.28. The zero-order chi connectivity index (χ0) is 30.3. The summed E-state index contributed by atoms with van der Waals surface area (Å²) in [4.78, 5) is 46.0. The number of ether oxygens (including phenoxy) is 1. The van der Waals surface area contributed by atoms with Crippen LogP contribution >= 0.6 is 0 Å². The van der Waals surface area contributed by atoms with Gasteiger partial charge in [-0.1, -0.05) is 26.8 Å². The van der Waals surface area contributed by atoms with Crippen LogP contribution in [0.5, 0.6) is 0 Å². The summed E-state index contributed by atoms with van der Waals surface area (Å²) in [5.41, 5.74) is 0.370. The number of halogens is 2. The highest BCUT2D eigenvalue weighted by molar-refractivity contribution is 5.86. The summed E-state index contributed by atoms with van der Waals surface area (Å²) in [5, 5.41) is 26.9. The lowest BCUT2D eigenvalue weighted by molar-refractivity contribution is -0.142. The Morgan fingerprint density at radius 2 is 1.71 bits per heavy atom. The summed E-state index contributed by atoms with van der Waals surface area (Å²) in [6.45, 7) is 8.09. The van der Waals surface area contributed by atoms with Crippen LogP contribution in [0.2, 0.25) is 0 Å². The molecule has 232 valence electrons. The van der Waals surface area contributed by atoms with Crippen molar-refractivity contribution < 1.29 is 38.1 Å². The predicted molar refractivity (Wildman–Crippen MR) is 147 cm³/mol. The van der Waals surface area contributed by atoms with Crippen molar-refractivity contribution in [3.05, 3.63) is 35.4 Å². The molecule has 4 fully saturated rings. The molecule has 0 saturated carbocycles. The Morgan fingerprint density at radius 1 is 0.976 bits per heavy atom. The average Bonchev–Trinajstić information content (AvgIpc) is 3.42. The molecule has 4 saturated heterocycles. The summed E-state index contributed by atoms with van der Waals surface area (Å²) in [6.07, 6.45) is -4.28.